The number of fused-ring (bicyclic) bond motifs is 2. The van der Waals surface area contributed by atoms with Crippen molar-refractivity contribution in [3.05, 3.63) is 70.8 Å². The van der Waals surface area contributed by atoms with Crippen molar-refractivity contribution >= 4 is 0 Å². The Morgan fingerprint density at radius 2 is 1.11 bits per heavy atom. The minimum absolute atomic E-state index is 0.0764. The number of hydrogen-bond acceptors (Lipinski definition) is 10. The summed E-state index contributed by atoms with van der Waals surface area (Å²) in [5, 5.41) is 40.7. The molecule has 12 atom stereocenters. The lowest BCUT2D eigenvalue weighted by molar-refractivity contribution is -0.228. The Bertz CT molecular complexity index is 2120. The van der Waals surface area contributed by atoms with Crippen LogP contribution in [0.3, 0.4) is 0 Å². The van der Waals surface area contributed by atoms with Crippen molar-refractivity contribution < 1.29 is 39.0 Å². The third-order valence-corrected chi connectivity index (χ3v) is 17.9. The highest BCUT2D eigenvalue weighted by atomic mass is 16.6. The van der Waals surface area contributed by atoms with Gasteiger partial charge in [0.25, 0.3) is 0 Å². The number of phenols is 1. The van der Waals surface area contributed by atoms with Gasteiger partial charge in [-0.05, 0) is 104 Å². The number of likely N-dealkylation sites (N-methyl/N-ethyl adjacent to an activating group) is 2. The Balaban J connectivity index is 0.000000156. The normalized spacial score (nSPS) is 39.9. The fraction of sp³-hybridized carbons (Fsp3) is 0.686. The predicted octanol–water partition coefficient (Wildman–Crippen LogP) is 7.22. The molecule has 2 saturated carbocycles. The second-order valence-corrected chi connectivity index (χ2v) is 21.0. The molecule has 2 aromatic carbocycles. The van der Waals surface area contributed by atoms with E-state index in [1.165, 1.54) is 22.3 Å². The molecule has 8 aliphatic carbocycles. The number of aromatic hydroxyl groups is 1. The maximum Gasteiger partial charge on any atom is 0.166 e. The standard InChI is InChI=1S/C26H37NO4.C25H35NO4/c1-7-8-11-25-20-16-9-10-17(29-5)21(20)31-22(25)26(30-6)13-12-24(25,19(14-16)27-4)15-18(26)23(2,3)28;1-6-7-10-24-19-15-8-9-16(27)20(19)30-21(24)25(29-5)12-11-23(24,18(13-15)26-4)14-17(25)22(2,3)28/h9-10,12-13,18-19,22,27-28H,7-8,11,14-15H2,1-6H3;8-9,11-12,17-18,21,26-28H,6-7,10,13-14H2,1-5H3/t18-,19?,22?,24?,25+,26?;17-,18?,21?,23?,24+,25?/m11/s1. The van der Waals surface area contributed by atoms with Gasteiger partial charge in [-0.1, -0.05) is 76.0 Å². The molecule has 2 fully saturated rings. The van der Waals surface area contributed by atoms with Crippen molar-refractivity contribution in [1.82, 2.24) is 10.6 Å². The first-order valence-corrected chi connectivity index (χ1v) is 23.2. The fourth-order valence-electron chi connectivity index (χ4n) is 15.5. The van der Waals surface area contributed by atoms with E-state index in [0.29, 0.717) is 5.75 Å². The Morgan fingerprint density at radius 3 is 1.52 bits per heavy atom. The molecule has 5 N–H and O–H groups in total. The number of hydrogen-bond donors (Lipinski definition) is 5. The Kier molecular flexibility index (Phi) is 10.0. The molecule has 2 heterocycles. The first kappa shape index (κ1) is 43.1. The van der Waals surface area contributed by atoms with E-state index < -0.39 is 22.4 Å². The number of phenolic OH excluding ortho intramolecular Hbond substituents is 1. The van der Waals surface area contributed by atoms with E-state index in [9.17, 15) is 15.3 Å². The number of rotatable bonds is 13. The lowest BCUT2D eigenvalue weighted by Gasteiger charge is -2.69. The van der Waals surface area contributed by atoms with E-state index in [4.69, 9.17) is 23.7 Å². The molecule has 2 aliphatic heterocycles. The zero-order chi connectivity index (χ0) is 43.8. The Labute approximate surface area is 363 Å². The molecule has 8 unspecified atom stereocenters. The molecule has 0 amide bonds. The van der Waals surface area contributed by atoms with Crippen molar-refractivity contribution in [2.75, 3.05) is 35.4 Å². The van der Waals surface area contributed by atoms with E-state index in [1.807, 2.05) is 40.8 Å². The van der Waals surface area contributed by atoms with Crippen LogP contribution >= 0.6 is 0 Å². The van der Waals surface area contributed by atoms with Crippen molar-refractivity contribution in [2.45, 2.75) is 163 Å². The molecule has 10 heteroatoms. The maximum atomic E-state index is 11.3. The van der Waals surface area contributed by atoms with Crippen LogP contribution in [0.1, 0.15) is 115 Å². The topological polar surface area (TPSA) is 131 Å². The van der Waals surface area contributed by atoms with Crippen molar-refractivity contribution in [2.24, 2.45) is 22.7 Å². The van der Waals surface area contributed by atoms with Crippen molar-refractivity contribution in [3.63, 3.8) is 0 Å². The van der Waals surface area contributed by atoms with Crippen molar-refractivity contribution in [3.8, 4) is 23.0 Å². The minimum Gasteiger partial charge on any atom is -0.504 e. The average Bonchev–Trinajstić information content (AvgIpc) is 3.82. The zero-order valence-electron chi connectivity index (χ0n) is 38.5. The minimum atomic E-state index is -0.927. The Hall–Kier alpha value is -3.12. The van der Waals surface area contributed by atoms with Gasteiger partial charge >= 0.3 is 0 Å². The monoisotopic (exact) mass is 841 g/mol. The molecule has 4 bridgehead atoms. The zero-order valence-corrected chi connectivity index (χ0v) is 38.5. The molecule has 2 aromatic rings. The van der Waals surface area contributed by atoms with Crippen LogP contribution in [-0.2, 0) is 33.1 Å². The van der Waals surface area contributed by atoms with Gasteiger partial charge in [-0.25, -0.2) is 0 Å². The second-order valence-electron chi connectivity index (χ2n) is 21.0. The fourth-order valence-corrected chi connectivity index (χ4v) is 15.5. The summed E-state index contributed by atoms with van der Waals surface area (Å²) in [6.45, 7) is 12.1. The number of methoxy groups -OCH3 is 3. The van der Waals surface area contributed by atoms with Gasteiger partial charge in [0.05, 0.1) is 29.1 Å². The van der Waals surface area contributed by atoms with Crippen LogP contribution in [0.15, 0.2) is 48.6 Å². The highest BCUT2D eigenvalue weighted by Crippen LogP contribution is 2.76. The van der Waals surface area contributed by atoms with Crippen LogP contribution in [0.5, 0.6) is 23.0 Å². The Morgan fingerprint density at radius 1 is 0.672 bits per heavy atom. The lowest BCUT2D eigenvalue weighted by Crippen LogP contribution is -2.78. The summed E-state index contributed by atoms with van der Waals surface area (Å²) < 4.78 is 32.1. The van der Waals surface area contributed by atoms with Crippen molar-refractivity contribution in [1.29, 1.82) is 0 Å². The van der Waals surface area contributed by atoms with E-state index in [2.05, 4.69) is 68.0 Å². The van der Waals surface area contributed by atoms with Gasteiger partial charge in [0, 0.05) is 60.1 Å². The quantitative estimate of drug-likeness (QED) is 0.132. The molecule has 0 saturated heterocycles. The third kappa shape index (κ3) is 5.12. The van der Waals surface area contributed by atoms with Gasteiger partial charge in [-0.3, -0.25) is 0 Å². The molecule has 61 heavy (non-hydrogen) atoms. The molecule has 10 nitrogen and oxygen atoms in total. The third-order valence-electron chi connectivity index (χ3n) is 17.9. The van der Waals surface area contributed by atoms with E-state index >= 15 is 0 Å². The molecule has 12 rings (SSSR count). The molecule has 0 radical (unpaired) electrons. The van der Waals surface area contributed by atoms with Gasteiger partial charge in [0.15, 0.2) is 23.0 Å². The number of aliphatic hydroxyl groups is 2. The van der Waals surface area contributed by atoms with E-state index in [0.717, 1.165) is 75.7 Å². The molecule has 2 spiro atoms. The highest BCUT2D eigenvalue weighted by Gasteiger charge is 2.80. The summed E-state index contributed by atoms with van der Waals surface area (Å²) in [6.07, 6.45) is 18.7. The first-order chi connectivity index (χ1) is 29.0. The van der Waals surface area contributed by atoms with Crippen LogP contribution < -0.4 is 24.8 Å². The van der Waals surface area contributed by atoms with Gasteiger partial charge < -0.3 is 49.6 Å². The van der Waals surface area contributed by atoms with E-state index in [1.54, 1.807) is 27.4 Å². The average molecular weight is 841 g/mol. The predicted molar refractivity (Wildman–Crippen MR) is 237 cm³/mol. The van der Waals surface area contributed by atoms with Gasteiger partial charge in [0.1, 0.15) is 23.4 Å². The summed E-state index contributed by atoms with van der Waals surface area (Å²) >= 11 is 0. The van der Waals surface area contributed by atoms with E-state index in [-0.39, 0.29) is 63.5 Å². The highest BCUT2D eigenvalue weighted by molar-refractivity contribution is 5.66. The van der Waals surface area contributed by atoms with Crippen LogP contribution in [0.4, 0.5) is 0 Å². The summed E-state index contributed by atoms with van der Waals surface area (Å²) in [4.78, 5) is 0. The molecule has 334 valence electrons. The summed E-state index contributed by atoms with van der Waals surface area (Å²) in [7, 11) is 9.35. The smallest absolute Gasteiger partial charge is 0.166 e. The number of benzene rings is 2. The molecule has 0 aromatic heterocycles. The van der Waals surface area contributed by atoms with Gasteiger partial charge in [-0.15, -0.1) is 0 Å². The lowest BCUT2D eigenvalue weighted by atomic mass is 9.37. The van der Waals surface area contributed by atoms with Gasteiger partial charge in [-0.2, -0.15) is 0 Å². The SMILES string of the molecule is CCCC[C@]12c3c4ccc(O)c3OC1C1(OC)C=CC2(C[C@@H]1C(C)(C)O)C(NC)C4.CCCC[C@]12c3c4ccc(OC)c3OC1C1(OC)C=CC2(C[C@@H]1C(C)(C)O)C(NC)C4. The van der Waals surface area contributed by atoms with Gasteiger partial charge in [0.2, 0.25) is 0 Å². The molecule has 10 aliphatic rings. The second kappa shape index (κ2) is 14.2. The summed E-state index contributed by atoms with van der Waals surface area (Å²) in [5.41, 5.74) is 1.02. The van der Waals surface area contributed by atoms with Crippen LogP contribution in [0.2, 0.25) is 0 Å². The van der Waals surface area contributed by atoms with Crippen LogP contribution in [0, 0.1) is 22.7 Å². The number of nitrogens with one attached hydrogen (secondary N) is 2. The first-order valence-electron chi connectivity index (χ1n) is 23.2. The number of unbranched alkanes of at least 4 members (excludes halogenated alkanes) is 2. The number of ether oxygens (including phenoxy) is 5. The molecular weight excluding hydrogens is 769 g/mol. The largest absolute Gasteiger partial charge is 0.504 e. The summed E-state index contributed by atoms with van der Waals surface area (Å²) in [6, 6.07) is 8.60. The molecular formula is C51H72N2O8. The summed E-state index contributed by atoms with van der Waals surface area (Å²) in [5.74, 6) is 2.34. The van der Waals surface area contributed by atoms with Crippen LogP contribution in [0.25, 0.3) is 0 Å². The maximum absolute atomic E-state index is 11.3. The van der Waals surface area contributed by atoms with Crippen LogP contribution in [-0.4, -0.2) is 97.4 Å².